The predicted molar refractivity (Wildman–Crippen MR) is 79.4 cm³/mol. The molecule has 5 heteroatoms. The molecule has 1 aromatic carbocycles. The van der Waals surface area contributed by atoms with Crippen molar-refractivity contribution in [1.29, 1.82) is 0 Å². The minimum atomic E-state index is -0.0380. The third-order valence-electron chi connectivity index (χ3n) is 3.69. The highest BCUT2D eigenvalue weighted by molar-refractivity contribution is 6.31. The number of nitrogens with one attached hydrogen (secondary N) is 1. The smallest absolute Gasteiger partial charge is 0.238 e. The number of anilines is 2. The number of hydrogen-bond acceptors (Lipinski definition) is 3. The topological polar surface area (TPSA) is 58.4 Å². The molecule has 2 rings (SSSR count). The molecule has 0 saturated carbocycles. The van der Waals surface area contributed by atoms with Gasteiger partial charge in [0.2, 0.25) is 5.91 Å². The molecule has 0 spiro atoms. The number of carbonyl (C=O) groups is 1. The average molecular weight is 282 g/mol. The Labute approximate surface area is 118 Å². The van der Waals surface area contributed by atoms with Crippen molar-refractivity contribution in [2.45, 2.75) is 32.2 Å². The number of benzene rings is 1. The summed E-state index contributed by atoms with van der Waals surface area (Å²) in [6.07, 6.45) is 2.27. The lowest BCUT2D eigenvalue weighted by Gasteiger charge is -2.30. The van der Waals surface area contributed by atoms with E-state index in [0.29, 0.717) is 22.9 Å². The molecule has 0 aliphatic carbocycles. The highest BCUT2D eigenvalue weighted by Gasteiger charge is 2.32. The molecule has 0 aromatic heterocycles. The summed E-state index contributed by atoms with van der Waals surface area (Å²) in [6, 6.07) is 5.08. The van der Waals surface area contributed by atoms with Crippen molar-refractivity contribution in [1.82, 2.24) is 4.90 Å². The maximum Gasteiger partial charge on any atom is 0.238 e. The number of likely N-dealkylation sites (tertiary alicyclic amines) is 1. The largest absolute Gasteiger partial charge is 0.397 e. The van der Waals surface area contributed by atoms with E-state index in [9.17, 15) is 4.79 Å². The zero-order valence-electron chi connectivity index (χ0n) is 11.4. The van der Waals surface area contributed by atoms with Crippen molar-refractivity contribution in [2.75, 3.05) is 24.1 Å². The average Bonchev–Trinajstić information content (AvgIpc) is 2.62. The number of nitrogens with two attached hydrogens (primary N) is 1. The van der Waals surface area contributed by atoms with E-state index in [2.05, 4.69) is 24.1 Å². The van der Waals surface area contributed by atoms with Crippen molar-refractivity contribution in [3.63, 3.8) is 0 Å². The van der Waals surface area contributed by atoms with E-state index in [-0.39, 0.29) is 11.4 Å². The Morgan fingerprint density at radius 3 is 2.84 bits per heavy atom. The van der Waals surface area contributed by atoms with E-state index in [4.69, 9.17) is 17.3 Å². The van der Waals surface area contributed by atoms with Crippen LogP contribution in [0.15, 0.2) is 18.2 Å². The van der Waals surface area contributed by atoms with Gasteiger partial charge in [-0.2, -0.15) is 0 Å². The molecule has 1 aromatic rings. The van der Waals surface area contributed by atoms with Gasteiger partial charge in [0.25, 0.3) is 0 Å². The van der Waals surface area contributed by atoms with Gasteiger partial charge in [-0.25, -0.2) is 0 Å². The van der Waals surface area contributed by atoms with Gasteiger partial charge in [-0.3, -0.25) is 9.69 Å². The van der Waals surface area contributed by atoms with E-state index in [0.717, 1.165) is 19.4 Å². The summed E-state index contributed by atoms with van der Waals surface area (Å²) in [5, 5.41) is 3.40. The molecular formula is C14H20ClN3O. The van der Waals surface area contributed by atoms with Crippen LogP contribution in [0.1, 0.15) is 26.7 Å². The number of carbonyl (C=O) groups excluding carboxylic acids is 1. The fraction of sp³-hybridized carbons (Fsp3) is 0.500. The molecule has 19 heavy (non-hydrogen) atoms. The molecule has 1 saturated heterocycles. The van der Waals surface area contributed by atoms with Crippen molar-refractivity contribution < 1.29 is 4.79 Å². The summed E-state index contributed by atoms with van der Waals surface area (Å²) in [6.45, 7) is 5.71. The number of amides is 1. The van der Waals surface area contributed by atoms with E-state index < -0.39 is 0 Å². The van der Waals surface area contributed by atoms with Crippen LogP contribution in [0.3, 0.4) is 0 Å². The highest BCUT2D eigenvalue weighted by Crippen LogP contribution is 2.28. The molecule has 0 atom stereocenters. The summed E-state index contributed by atoms with van der Waals surface area (Å²) in [5.74, 6) is -0.0380. The van der Waals surface area contributed by atoms with Crippen LogP contribution < -0.4 is 11.1 Å². The zero-order chi connectivity index (χ0) is 14.0. The van der Waals surface area contributed by atoms with E-state index in [1.54, 1.807) is 18.2 Å². The lowest BCUT2D eigenvalue weighted by atomic mass is 10.0. The number of hydrogen-bond donors (Lipinski definition) is 2. The second-order valence-electron chi connectivity index (χ2n) is 5.62. The van der Waals surface area contributed by atoms with Gasteiger partial charge in [-0.15, -0.1) is 0 Å². The number of halogens is 1. The first-order chi connectivity index (χ1) is 8.88. The van der Waals surface area contributed by atoms with Gasteiger partial charge in [-0.05, 0) is 51.4 Å². The molecule has 1 heterocycles. The minimum absolute atomic E-state index is 0.0380. The minimum Gasteiger partial charge on any atom is -0.397 e. The summed E-state index contributed by atoms with van der Waals surface area (Å²) in [7, 11) is 0. The van der Waals surface area contributed by atoms with E-state index in [1.807, 2.05) is 0 Å². The second-order valence-corrected chi connectivity index (χ2v) is 6.05. The molecule has 104 valence electrons. The van der Waals surface area contributed by atoms with Crippen LogP contribution in [0.2, 0.25) is 5.02 Å². The van der Waals surface area contributed by atoms with E-state index in [1.165, 1.54) is 0 Å². The highest BCUT2D eigenvalue weighted by atomic mass is 35.5. The van der Waals surface area contributed by atoms with Gasteiger partial charge in [0, 0.05) is 10.6 Å². The van der Waals surface area contributed by atoms with Crippen molar-refractivity contribution >= 4 is 28.9 Å². The van der Waals surface area contributed by atoms with Crippen LogP contribution >= 0.6 is 11.6 Å². The maximum absolute atomic E-state index is 12.1. The molecule has 0 bridgehead atoms. The zero-order valence-corrected chi connectivity index (χ0v) is 12.1. The third kappa shape index (κ3) is 3.39. The van der Waals surface area contributed by atoms with Crippen LogP contribution in [0.25, 0.3) is 0 Å². The Morgan fingerprint density at radius 2 is 2.26 bits per heavy atom. The molecular weight excluding hydrogens is 262 g/mol. The standard InChI is InChI=1S/C14H20ClN3O/c1-14(2)6-3-7-18(14)9-13(19)17-12-5-4-10(15)8-11(12)16/h4-5,8H,3,6-7,9,16H2,1-2H3,(H,17,19). The predicted octanol–water partition coefficient (Wildman–Crippen LogP) is 2.74. The Bertz CT molecular complexity index is 488. The summed E-state index contributed by atoms with van der Waals surface area (Å²) < 4.78 is 0. The van der Waals surface area contributed by atoms with Gasteiger partial charge in [-0.1, -0.05) is 11.6 Å². The Morgan fingerprint density at radius 1 is 1.53 bits per heavy atom. The van der Waals surface area contributed by atoms with Crippen molar-refractivity contribution in [3.05, 3.63) is 23.2 Å². The van der Waals surface area contributed by atoms with Gasteiger partial charge in [0.05, 0.1) is 17.9 Å². The van der Waals surface area contributed by atoms with Crippen LogP contribution in [-0.2, 0) is 4.79 Å². The van der Waals surface area contributed by atoms with Crippen LogP contribution in [0, 0.1) is 0 Å². The first-order valence-electron chi connectivity index (χ1n) is 6.48. The molecule has 1 fully saturated rings. The van der Waals surface area contributed by atoms with Gasteiger partial charge in [0.1, 0.15) is 0 Å². The quantitative estimate of drug-likeness (QED) is 0.838. The van der Waals surface area contributed by atoms with E-state index >= 15 is 0 Å². The van der Waals surface area contributed by atoms with Crippen molar-refractivity contribution in [3.8, 4) is 0 Å². The van der Waals surface area contributed by atoms with Crippen LogP contribution in [0.5, 0.6) is 0 Å². The molecule has 0 unspecified atom stereocenters. The maximum atomic E-state index is 12.1. The lowest BCUT2D eigenvalue weighted by molar-refractivity contribution is -0.118. The number of nitrogen functional groups attached to an aromatic ring is 1. The molecule has 1 amide bonds. The molecule has 0 radical (unpaired) electrons. The molecule has 1 aliphatic heterocycles. The summed E-state index contributed by atoms with van der Waals surface area (Å²) >= 11 is 5.83. The fourth-order valence-corrected chi connectivity index (χ4v) is 2.65. The SMILES string of the molecule is CC1(C)CCCN1CC(=O)Nc1ccc(Cl)cc1N. The van der Waals surface area contributed by atoms with Gasteiger partial charge in [0.15, 0.2) is 0 Å². The first-order valence-corrected chi connectivity index (χ1v) is 6.86. The normalized spacial score (nSPS) is 18.5. The summed E-state index contributed by atoms with van der Waals surface area (Å²) in [4.78, 5) is 14.3. The Hall–Kier alpha value is -1.26. The van der Waals surface area contributed by atoms with Gasteiger partial charge >= 0.3 is 0 Å². The number of nitrogens with zero attached hydrogens (tertiary/aromatic N) is 1. The van der Waals surface area contributed by atoms with Gasteiger partial charge < -0.3 is 11.1 Å². The first kappa shape index (κ1) is 14.2. The van der Waals surface area contributed by atoms with Crippen LogP contribution in [-0.4, -0.2) is 29.4 Å². The third-order valence-corrected chi connectivity index (χ3v) is 3.93. The number of rotatable bonds is 3. The lowest BCUT2D eigenvalue weighted by Crippen LogP contribution is -2.43. The Kier molecular flexibility index (Phi) is 4.02. The Balaban J connectivity index is 1.98. The molecule has 3 N–H and O–H groups in total. The van der Waals surface area contributed by atoms with Crippen molar-refractivity contribution in [2.24, 2.45) is 0 Å². The fourth-order valence-electron chi connectivity index (χ4n) is 2.47. The molecule has 4 nitrogen and oxygen atoms in total. The van der Waals surface area contributed by atoms with Crippen LogP contribution in [0.4, 0.5) is 11.4 Å². The second kappa shape index (κ2) is 5.39. The monoisotopic (exact) mass is 281 g/mol. The molecule has 1 aliphatic rings. The summed E-state index contributed by atoms with van der Waals surface area (Å²) in [5.41, 5.74) is 7.02.